The molecule has 0 aromatic heterocycles. The lowest BCUT2D eigenvalue weighted by Gasteiger charge is -2.32. The first-order chi connectivity index (χ1) is 17.2. The number of amides is 3. The monoisotopic (exact) mass is 515 g/mol. The fourth-order valence-corrected chi connectivity index (χ4v) is 3.33. The van der Waals surface area contributed by atoms with Gasteiger partial charge in [0.2, 0.25) is 11.8 Å². The minimum absolute atomic E-state index is 0.00169. The van der Waals surface area contributed by atoms with Crippen molar-refractivity contribution in [1.82, 2.24) is 16.0 Å². The molecule has 37 heavy (non-hydrogen) atoms. The summed E-state index contributed by atoms with van der Waals surface area (Å²) in [7, 11) is 1.55. The average Bonchev–Trinajstić information content (AvgIpc) is 2.80. The Morgan fingerprint density at radius 1 is 1.00 bits per heavy atom. The second-order valence-corrected chi connectivity index (χ2v) is 10.1. The van der Waals surface area contributed by atoms with Gasteiger partial charge in [0.1, 0.15) is 17.5 Å². The van der Waals surface area contributed by atoms with Gasteiger partial charge in [-0.3, -0.25) is 14.4 Å². The molecule has 0 spiro atoms. The van der Waals surface area contributed by atoms with Gasteiger partial charge in [-0.15, -0.1) is 0 Å². The highest BCUT2D eigenvalue weighted by molar-refractivity contribution is 6.03. The van der Waals surface area contributed by atoms with Crippen LogP contribution in [0.4, 0.5) is 0 Å². The molecule has 0 heterocycles. The van der Waals surface area contributed by atoms with Crippen LogP contribution in [-0.4, -0.2) is 49.5 Å². The molecule has 0 saturated heterocycles. The van der Waals surface area contributed by atoms with E-state index in [9.17, 15) is 19.2 Å². The number of rotatable bonds is 11. The number of carbonyl (C=O) groups is 4. The minimum atomic E-state index is -0.939. The van der Waals surface area contributed by atoms with E-state index in [2.05, 4.69) is 16.0 Å². The molecule has 0 aliphatic heterocycles. The zero-order valence-electron chi connectivity index (χ0n) is 23.4. The molecule has 0 fully saturated rings. The van der Waals surface area contributed by atoms with Crippen molar-refractivity contribution < 1.29 is 28.7 Å². The quantitative estimate of drug-likeness (QED) is 0.307. The van der Waals surface area contributed by atoms with Gasteiger partial charge in [-0.2, -0.15) is 0 Å². The molecule has 0 saturated carbocycles. The number of hydrogen-bond acceptors (Lipinski definition) is 6. The van der Waals surface area contributed by atoms with Crippen LogP contribution >= 0.6 is 0 Å². The second-order valence-electron chi connectivity index (χ2n) is 10.1. The highest BCUT2D eigenvalue weighted by Crippen LogP contribution is 2.21. The molecular formula is C28H41N3O6. The zero-order valence-corrected chi connectivity index (χ0v) is 23.4. The van der Waals surface area contributed by atoms with Crippen LogP contribution in [0.25, 0.3) is 6.08 Å². The fraction of sp³-hybridized carbons (Fsp3) is 0.500. The number of ether oxygens (including phenoxy) is 2. The first-order valence-electron chi connectivity index (χ1n) is 12.3. The van der Waals surface area contributed by atoms with E-state index in [0.717, 1.165) is 0 Å². The summed E-state index contributed by atoms with van der Waals surface area (Å²) in [6.07, 6.45) is 3.19. The Bertz CT molecular complexity index is 1020. The van der Waals surface area contributed by atoms with E-state index in [1.165, 1.54) is 13.0 Å². The second kappa shape index (κ2) is 14.2. The Morgan fingerprint density at radius 2 is 1.59 bits per heavy atom. The normalized spacial score (nSPS) is 13.9. The van der Waals surface area contributed by atoms with Crippen LogP contribution in [0.1, 0.15) is 61.0 Å². The molecule has 2 atom stereocenters. The maximum atomic E-state index is 13.4. The summed E-state index contributed by atoms with van der Waals surface area (Å²) in [5.41, 5.74) is 0.379. The molecule has 0 aliphatic carbocycles. The summed E-state index contributed by atoms with van der Waals surface area (Å²) >= 11 is 0. The molecule has 0 unspecified atom stereocenters. The third kappa shape index (κ3) is 10.5. The summed E-state index contributed by atoms with van der Waals surface area (Å²) in [5.74, 6) is -1.29. The fourth-order valence-electron chi connectivity index (χ4n) is 3.33. The summed E-state index contributed by atoms with van der Waals surface area (Å²) in [6, 6.07) is 5.55. The van der Waals surface area contributed by atoms with Gasteiger partial charge >= 0.3 is 5.97 Å². The smallest absolute Gasteiger partial charge is 0.333 e. The number of carbonyl (C=O) groups excluding carboxylic acids is 4. The van der Waals surface area contributed by atoms with Gasteiger partial charge in [-0.1, -0.05) is 52.8 Å². The average molecular weight is 516 g/mol. The Morgan fingerprint density at radius 3 is 2.05 bits per heavy atom. The summed E-state index contributed by atoms with van der Waals surface area (Å²) in [5, 5.41) is 8.26. The largest absolute Gasteiger partial charge is 0.497 e. The Balaban J connectivity index is 3.23. The van der Waals surface area contributed by atoms with Gasteiger partial charge in [0.25, 0.3) is 5.91 Å². The van der Waals surface area contributed by atoms with Crippen LogP contribution in [0.5, 0.6) is 5.75 Å². The van der Waals surface area contributed by atoms with E-state index in [0.29, 0.717) is 16.9 Å². The number of methoxy groups -OCH3 is 1. The van der Waals surface area contributed by atoms with E-state index in [4.69, 9.17) is 9.47 Å². The molecule has 0 radical (unpaired) electrons. The molecule has 1 aromatic rings. The van der Waals surface area contributed by atoms with Crippen molar-refractivity contribution in [2.24, 2.45) is 11.3 Å². The van der Waals surface area contributed by atoms with E-state index < -0.39 is 41.2 Å². The van der Waals surface area contributed by atoms with Crippen molar-refractivity contribution in [2.75, 3.05) is 13.7 Å². The number of esters is 1. The standard InChI is InChI=1S/C28H41N3O6/c1-10-37-27(35)18(4)15-22(17(2)3)30-26(34)24(28(6,7)8)31-25(33)23(29-19(5)32)16-20-11-13-21(36-9)14-12-20/h11-17,22,24H,10H2,1-9H3,(H,29,32)(H,30,34)(H,31,33)/b18-15+,23-16-/t22-,24-/m1/s1. The van der Waals surface area contributed by atoms with Gasteiger partial charge in [0, 0.05) is 12.5 Å². The molecule has 3 N–H and O–H groups in total. The number of benzene rings is 1. The van der Waals surface area contributed by atoms with Crippen molar-refractivity contribution in [3.8, 4) is 5.75 Å². The third-order valence-electron chi connectivity index (χ3n) is 5.44. The van der Waals surface area contributed by atoms with Gasteiger partial charge in [-0.25, -0.2) is 4.79 Å². The highest BCUT2D eigenvalue weighted by Gasteiger charge is 2.35. The zero-order chi connectivity index (χ0) is 28.3. The lowest BCUT2D eigenvalue weighted by molar-refractivity contribution is -0.138. The SMILES string of the molecule is CCOC(=O)/C(C)=C/[C@@H](NC(=O)[C@@H](NC(=O)/C(=C/c1ccc(OC)cc1)NC(C)=O)C(C)(C)C)C(C)C. The van der Waals surface area contributed by atoms with E-state index in [1.807, 2.05) is 34.6 Å². The number of nitrogens with one attached hydrogen (secondary N) is 3. The minimum Gasteiger partial charge on any atom is -0.497 e. The van der Waals surface area contributed by atoms with Gasteiger partial charge in [0.05, 0.1) is 19.8 Å². The molecule has 3 amide bonds. The molecule has 0 aliphatic rings. The molecule has 9 heteroatoms. The predicted molar refractivity (Wildman–Crippen MR) is 143 cm³/mol. The predicted octanol–water partition coefficient (Wildman–Crippen LogP) is 3.35. The first kappa shape index (κ1) is 31.4. The number of hydrogen-bond donors (Lipinski definition) is 3. The molecule has 1 aromatic carbocycles. The molecule has 1 rings (SSSR count). The summed E-state index contributed by atoms with van der Waals surface area (Å²) in [4.78, 5) is 50.5. The van der Waals surface area contributed by atoms with Crippen LogP contribution < -0.4 is 20.7 Å². The van der Waals surface area contributed by atoms with Crippen molar-refractivity contribution in [3.63, 3.8) is 0 Å². The Labute approximate surface area is 220 Å². The Hall–Kier alpha value is -3.62. The maximum absolute atomic E-state index is 13.4. The summed E-state index contributed by atoms with van der Waals surface area (Å²) < 4.78 is 10.2. The van der Waals surface area contributed by atoms with Crippen LogP contribution in [0.15, 0.2) is 41.6 Å². The van der Waals surface area contributed by atoms with Crippen LogP contribution in [0, 0.1) is 11.3 Å². The molecule has 0 bridgehead atoms. The van der Waals surface area contributed by atoms with Crippen molar-refractivity contribution in [3.05, 3.63) is 47.2 Å². The topological polar surface area (TPSA) is 123 Å². The first-order valence-corrected chi connectivity index (χ1v) is 12.3. The van der Waals surface area contributed by atoms with Crippen molar-refractivity contribution >= 4 is 29.8 Å². The van der Waals surface area contributed by atoms with Gasteiger partial charge < -0.3 is 25.4 Å². The van der Waals surface area contributed by atoms with Crippen LogP contribution in [0.2, 0.25) is 0 Å². The van der Waals surface area contributed by atoms with Crippen molar-refractivity contribution in [1.29, 1.82) is 0 Å². The van der Waals surface area contributed by atoms with Crippen LogP contribution in [0.3, 0.4) is 0 Å². The highest BCUT2D eigenvalue weighted by atomic mass is 16.5. The van der Waals surface area contributed by atoms with Crippen LogP contribution in [-0.2, 0) is 23.9 Å². The van der Waals surface area contributed by atoms with Crippen molar-refractivity contribution in [2.45, 2.75) is 67.5 Å². The van der Waals surface area contributed by atoms with Gasteiger partial charge in [0.15, 0.2) is 0 Å². The Kier molecular flexibility index (Phi) is 12.1. The maximum Gasteiger partial charge on any atom is 0.333 e. The molecule has 204 valence electrons. The lowest BCUT2D eigenvalue weighted by Crippen LogP contribution is -2.56. The van der Waals surface area contributed by atoms with E-state index in [-0.39, 0.29) is 18.2 Å². The van der Waals surface area contributed by atoms with Gasteiger partial charge in [-0.05, 0) is 49.0 Å². The van der Waals surface area contributed by atoms with E-state index in [1.54, 1.807) is 51.3 Å². The van der Waals surface area contributed by atoms with E-state index >= 15 is 0 Å². The summed E-state index contributed by atoms with van der Waals surface area (Å²) in [6.45, 7) is 14.2. The molecule has 9 nitrogen and oxygen atoms in total. The lowest BCUT2D eigenvalue weighted by atomic mass is 9.85. The molecular weight excluding hydrogens is 474 g/mol. The third-order valence-corrected chi connectivity index (χ3v) is 5.44.